The van der Waals surface area contributed by atoms with Crippen molar-refractivity contribution in [1.82, 2.24) is 5.43 Å². The van der Waals surface area contributed by atoms with Crippen LogP contribution in [-0.4, -0.2) is 24.7 Å². The van der Waals surface area contributed by atoms with Gasteiger partial charge in [-0.15, -0.1) is 0 Å². The molecule has 7 nitrogen and oxygen atoms in total. The van der Waals surface area contributed by atoms with Crippen LogP contribution in [0, 0.1) is 0 Å². The van der Waals surface area contributed by atoms with E-state index in [1.807, 2.05) is 0 Å². The average Bonchev–Trinajstić information content (AvgIpc) is 3.23. The Morgan fingerprint density at radius 1 is 1.07 bits per heavy atom. The van der Waals surface area contributed by atoms with Crippen LogP contribution in [0.3, 0.4) is 0 Å². The molecule has 1 heterocycles. The van der Waals surface area contributed by atoms with Gasteiger partial charge in [-0.3, -0.25) is 4.79 Å². The van der Waals surface area contributed by atoms with E-state index in [2.05, 4.69) is 10.5 Å². The number of hydrazone groups is 1. The molecule has 0 radical (unpaired) electrons. The molecule has 0 bridgehead atoms. The Morgan fingerprint density at radius 3 is 2.61 bits per heavy atom. The molecule has 0 fully saturated rings. The van der Waals surface area contributed by atoms with Crippen molar-refractivity contribution in [3.05, 3.63) is 83.3 Å². The van der Waals surface area contributed by atoms with E-state index in [-0.39, 0.29) is 12.4 Å². The van der Waals surface area contributed by atoms with E-state index >= 15 is 0 Å². The van der Waals surface area contributed by atoms with Crippen molar-refractivity contribution in [2.45, 2.75) is 0 Å². The van der Waals surface area contributed by atoms with E-state index in [1.165, 1.54) is 18.5 Å². The topological polar surface area (TPSA) is 90.1 Å². The number of rotatable bonds is 7. The minimum absolute atomic E-state index is 0.119. The third-order valence-corrected chi connectivity index (χ3v) is 3.62. The second kappa shape index (κ2) is 9.38. The third-order valence-electron chi connectivity index (χ3n) is 3.38. The van der Waals surface area contributed by atoms with Crippen LogP contribution in [-0.2, 0) is 4.79 Å². The van der Waals surface area contributed by atoms with Crippen LogP contribution in [0.25, 0.3) is 0 Å². The zero-order chi connectivity index (χ0) is 19.8. The van der Waals surface area contributed by atoms with Crippen LogP contribution in [0.1, 0.15) is 16.1 Å². The zero-order valence-corrected chi connectivity index (χ0v) is 15.3. The summed E-state index contributed by atoms with van der Waals surface area (Å²) < 4.78 is 15.4. The lowest BCUT2D eigenvalue weighted by Crippen LogP contribution is -2.24. The van der Waals surface area contributed by atoms with Gasteiger partial charge in [0.05, 0.1) is 12.5 Å². The van der Waals surface area contributed by atoms with Gasteiger partial charge in [0.1, 0.15) is 11.5 Å². The Labute approximate surface area is 165 Å². The van der Waals surface area contributed by atoms with Crippen LogP contribution >= 0.6 is 11.6 Å². The minimum Gasteiger partial charge on any atom is -0.484 e. The van der Waals surface area contributed by atoms with Gasteiger partial charge in [-0.1, -0.05) is 17.7 Å². The van der Waals surface area contributed by atoms with Crippen molar-refractivity contribution in [2.75, 3.05) is 6.61 Å². The number of ether oxygens (including phenoxy) is 2. The Balaban J connectivity index is 1.45. The zero-order valence-electron chi connectivity index (χ0n) is 14.5. The van der Waals surface area contributed by atoms with Gasteiger partial charge in [0.2, 0.25) is 5.76 Å². The van der Waals surface area contributed by atoms with Gasteiger partial charge in [0, 0.05) is 5.02 Å². The molecule has 3 rings (SSSR count). The average molecular weight is 399 g/mol. The summed E-state index contributed by atoms with van der Waals surface area (Å²) in [6.07, 6.45) is 2.85. The van der Waals surface area contributed by atoms with Crippen molar-refractivity contribution in [2.24, 2.45) is 5.10 Å². The first kappa shape index (κ1) is 19.2. The summed E-state index contributed by atoms with van der Waals surface area (Å²) in [5, 5.41) is 4.37. The maximum Gasteiger partial charge on any atom is 0.379 e. The largest absolute Gasteiger partial charge is 0.484 e. The van der Waals surface area contributed by atoms with E-state index < -0.39 is 11.9 Å². The number of esters is 1. The quantitative estimate of drug-likeness (QED) is 0.284. The van der Waals surface area contributed by atoms with Crippen molar-refractivity contribution in [3.63, 3.8) is 0 Å². The standard InChI is InChI=1S/C20H15ClN2O5/c21-15-3-1-4-17(11-15)27-13-19(24)23-22-12-14-6-8-16(9-7-14)28-20(25)18-5-2-10-26-18/h1-12H,13H2,(H,23,24)/b22-12-. The molecular weight excluding hydrogens is 384 g/mol. The van der Waals surface area contributed by atoms with Gasteiger partial charge in [0.15, 0.2) is 6.61 Å². The lowest BCUT2D eigenvalue weighted by atomic mass is 10.2. The van der Waals surface area contributed by atoms with Gasteiger partial charge in [-0.25, -0.2) is 10.2 Å². The fourth-order valence-electron chi connectivity index (χ4n) is 2.09. The summed E-state index contributed by atoms with van der Waals surface area (Å²) in [5.74, 6) is -0.0317. The lowest BCUT2D eigenvalue weighted by molar-refractivity contribution is -0.123. The van der Waals surface area contributed by atoms with E-state index in [4.69, 9.17) is 25.5 Å². The summed E-state index contributed by atoms with van der Waals surface area (Å²) in [5.41, 5.74) is 3.06. The molecule has 0 aliphatic heterocycles. The van der Waals surface area contributed by atoms with Gasteiger partial charge in [0.25, 0.3) is 5.91 Å². The van der Waals surface area contributed by atoms with Crippen molar-refractivity contribution < 1.29 is 23.5 Å². The number of carbonyl (C=O) groups excluding carboxylic acids is 2. The predicted octanol–water partition coefficient (Wildman–Crippen LogP) is 3.68. The molecule has 0 atom stereocenters. The molecule has 0 aliphatic rings. The molecule has 142 valence electrons. The molecular formula is C20H15ClN2O5. The van der Waals surface area contributed by atoms with Gasteiger partial charge >= 0.3 is 5.97 Å². The minimum atomic E-state index is -0.585. The molecule has 8 heteroatoms. The van der Waals surface area contributed by atoms with Crippen LogP contribution in [0.4, 0.5) is 0 Å². The highest BCUT2D eigenvalue weighted by Crippen LogP contribution is 2.17. The third kappa shape index (κ3) is 5.72. The Morgan fingerprint density at radius 2 is 1.89 bits per heavy atom. The molecule has 1 amide bonds. The van der Waals surface area contributed by atoms with Crippen molar-refractivity contribution >= 4 is 29.7 Å². The fraction of sp³-hybridized carbons (Fsp3) is 0.0500. The number of nitrogens with zero attached hydrogens (tertiary/aromatic N) is 1. The Hall–Kier alpha value is -3.58. The first-order valence-corrected chi connectivity index (χ1v) is 8.54. The SMILES string of the molecule is O=C(COc1cccc(Cl)c1)N/N=C\c1ccc(OC(=O)c2ccco2)cc1. The first-order chi connectivity index (χ1) is 13.6. The number of carbonyl (C=O) groups is 2. The number of halogens is 1. The Kier molecular flexibility index (Phi) is 6.43. The molecule has 3 aromatic rings. The number of hydrogen-bond donors (Lipinski definition) is 1. The van der Waals surface area contributed by atoms with Crippen molar-refractivity contribution in [1.29, 1.82) is 0 Å². The number of furan rings is 1. The highest BCUT2D eigenvalue weighted by molar-refractivity contribution is 6.30. The first-order valence-electron chi connectivity index (χ1n) is 8.16. The summed E-state index contributed by atoms with van der Waals surface area (Å²) >= 11 is 5.84. The van der Waals surface area contributed by atoms with E-state index in [0.717, 1.165) is 0 Å². The molecule has 28 heavy (non-hydrogen) atoms. The second-order valence-corrected chi connectivity index (χ2v) is 5.91. The van der Waals surface area contributed by atoms with Crippen LogP contribution in [0.5, 0.6) is 11.5 Å². The van der Waals surface area contributed by atoms with Gasteiger partial charge < -0.3 is 13.9 Å². The van der Waals surface area contributed by atoms with Crippen molar-refractivity contribution in [3.8, 4) is 11.5 Å². The maximum absolute atomic E-state index is 11.8. The number of hydrogen-bond acceptors (Lipinski definition) is 6. The van der Waals surface area contributed by atoms with E-state index in [0.29, 0.717) is 22.1 Å². The van der Waals surface area contributed by atoms with Crippen LogP contribution < -0.4 is 14.9 Å². The Bertz CT molecular complexity index is 969. The summed E-state index contributed by atoms with van der Waals surface area (Å²) in [6, 6.07) is 16.4. The summed E-state index contributed by atoms with van der Waals surface area (Å²) in [7, 11) is 0. The van der Waals surface area contributed by atoms with Crippen LogP contribution in [0.15, 0.2) is 76.4 Å². The summed E-state index contributed by atoms with van der Waals surface area (Å²) in [4.78, 5) is 23.5. The maximum atomic E-state index is 11.8. The van der Waals surface area contributed by atoms with Gasteiger partial charge in [-0.2, -0.15) is 5.10 Å². The van der Waals surface area contributed by atoms with Gasteiger partial charge in [-0.05, 0) is 60.2 Å². The smallest absolute Gasteiger partial charge is 0.379 e. The molecule has 0 spiro atoms. The second-order valence-electron chi connectivity index (χ2n) is 5.48. The van der Waals surface area contributed by atoms with E-state index in [9.17, 15) is 9.59 Å². The number of nitrogens with one attached hydrogen (secondary N) is 1. The lowest BCUT2D eigenvalue weighted by Gasteiger charge is -2.05. The molecule has 0 unspecified atom stereocenters. The highest BCUT2D eigenvalue weighted by Gasteiger charge is 2.10. The van der Waals surface area contributed by atoms with Crippen LogP contribution in [0.2, 0.25) is 5.02 Å². The number of amides is 1. The highest BCUT2D eigenvalue weighted by atomic mass is 35.5. The fourth-order valence-corrected chi connectivity index (χ4v) is 2.27. The molecule has 1 N–H and O–H groups in total. The summed E-state index contributed by atoms with van der Waals surface area (Å²) in [6.45, 7) is -0.195. The molecule has 0 aliphatic carbocycles. The molecule has 1 aromatic heterocycles. The predicted molar refractivity (Wildman–Crippen MR) is 103 cm³/mol. The monoisotopic (exact) mass is 398 g/mol. The molecule has 0 saturated heterocycles. The van der Waals surface area contributed by atoms with E-state index in [1.54, 1.807) is 54.6 Å². The molecule has 2 aromatic carbocycles. The molecule has 0 saturated carbocycles. The normalized spacial score (nSPS) is 10.6. The number of benzene rings is 2.